The van der Waals surface area contributed by atoms with E-state index in [2.05, 4.69) is 15.7 Å². The lowest BCUT2D eigenvalue weighted by Gasteiger charge is -2.14. The predicted octanol–water partition coefficient (Wildman–Crippen LogP) is 2.65. The van der Waals surface area contributed by atoms with E-state index in [1.807, 2.05) is 48.5 Å². The number of fused-ring (bicyclic) bond motifs is 1. The SMILES string of the molecule is Cc1nc2ccccc2c(=O)n1NC(=S)Nc1ccccc1. The Hall–Kier alpha value is -2.73. The van der Waals surface area contributed by atoms with Gasteiger partial charge in [0.2, 0.25) is 0 Å². The molecule has 110 valence electrons. The van der Waals surface area contributed by atoms with Crippen molar-refractivity contribution in [2.24, 2.45) is 0 Å². The summed E-state index contributed by atoms with van der Waals surface area (Å²) in [6.45, 7) is 1.76. The van der Waals surface area contributed by atoms with Gasteiger partial charge in [0.25, 0.3) is 5.56 Å². The van der Waals surface area contributed by atoms with Crippen LogP contribution >= 0.6 is 12.2 Å². The molecule has 22 heavy (non-hydrogen) atoms. The van der Waals surface area contributed by atoms with Crippen LogP contribution in [-0.4, -0.2) is 14.8 Å². The normalized spacial score (nSPS) is 10.4. The molecule has 3 aromatic rings. The molecule has 5 nitrogen and oxygen atoms in total. The minimum atomic E-state index is -0.180. The van der Waals surface area contributed by atoms with Crippen molar-refractivity contribution in [3.05, 3.63) is 70.8 Å². The Morgan fingerprint density at radius 3 is 2.55 bits per heavy atom. The first-order valence-electron chi connectivity index (χ1n) is 6.76. The van der Waals surface area contributed by atoms with Crippen molar-refractivity contribution in [2.45, 2.75) is 6.92 Å². The third kappa shape index (κ3) is 2.82. The molecular weight excluding hydrogens is 296 g/mol. The first-order chi connectivity index (χ1) is 10.6. The maximum absolute atomic E-state index is 12.5. The number of hydrogen-bond donors (Lipinski definition) is 2. The third-order valence-corrected chi connectivity index (χ3v) is 3.38. The van der Waals surface area contributed by atoms with Crippen LogP contribution in [0.5, 0.6) is 0 Å². The molecule has 0 atom stereocenters. The van der Waals surface area contributed by atoms with Crippen molar-refractivity contribution in [3.63, 3.8) is 0 Å². The monoisotopic (exact) mass is 310 g/mol. The first kappa shape index (κ1) is 14.2. The Kier molecular flexibility index (Phi) is 3.84. The molecule has 0 saturated carbocycles. The number of rotatable bonds is 2. The average molecular weight is 310 g/mol. The summed E-state index contributed by atoms with van der Waals surface area (Å²) >= 11 is 5.25. The summed E-state index contributed by atoms with van der Waals surface area (Å²) in [7, 11) is 0. The topological polar surface area (TPSA) is 59.0 Å². The van der Waals surface area contributed by atoms with Gasteiger partial charge in [-0.05, 0) is 43.4 Å². The van der Waals surface area contributed by atoms with Crippen molar-refractivity contribution in [2.75, 3.05) is 10.7 Å². The van der Waals surface area contributed by atoms with Crippen LogP contribution in [0.2, 0.25) is 0 Å². The second-order valence-corrected chi connectivity index (χ2v) is 5.16. The zero-order valence-electron chi connectivity index (χ0n) is 11.9. The molecule has 0 spiro atoms. The second-order valence-electron chi connectivity index (χ2n) is 4.75. The van der Waals surface area contributed by atoms with Gasteiger partial charge in [-0.3, -0.25) is 10.2 Å². The minimum Gasteiger partial charge on any atom is -0.331 e. The van der Waals surface area contributed by atoms with Gasteiger partial charge in [-0.1, -0.05) is 30.3 Å². The molecule has 0 unspecified atom stereocenters. The molecular formula is C16H14N4OS. The Morgan fingerprint density at radius 2 is 1.77 bits per heavy atom. The van der Waals surface area contributed by atoms with Gasteiger partial charge in [0, 0.05) is 5.69 Å². The first-order valence-corrected chi connectivity index (χ1v) is 7.17. The van der Waals surface area contributed by atoms with Gasteiger partial charge in [-0.25, -0.2) is 9.66 Å². The highest BCUT2D eigenvalue weighted by Gasteiger charge is 2.08. The Bertz CT molecular complexity index is 890. The van der Waals surface area contributed by atoms with Crippen LogP contribution < -0.4 is 16.3 Å². The fourth-order valence-electron chi connectivity index (χ4n) is 2.16. The molecule has 0 aliphatic heterocycles. The Balaban J connectivity index is 1.91. The smallest absolute Gasteiger partial charge is 0.280 e. The number of aryl methyl sites for hydroxylation is 1. The van der Waals surface area contributed by atoms with E-state index in [1.165, 1.54) is 4.68 Å². The number of benzene rings is 2. The largest absolute Gasteiger partial charge is 0.331 e. The number of nitrogens with zero attached hydrogens (tertiary/aromatic N) is 2. The van der Waals surface area contributed by atoms with E-state index in [0.29, 0.717) is 21.8 Å². The molecule has 3 rings (SSSR count). The summed E-state index contributed by atoms with van der Waals surface area (Å²) in [5, 5.41) is 3.90. The summed E-state index contributed by atoms with van der Waals surface area (Å²) in [6, 6.07) is 16.7. The minimum absolute atomic E-state index is 0.180. The van der Waals surface area contributed by atoms with E-state index in [1.54, 1.807) is 13.0 Å². The van der Waals surface area contributed by atoms with Gasteiger partial charge < -0.3 is 5.32 Å². The molecule has 0 radical (unpaired) electrons. The zero-order valence-corrected chi connectivity index (χ0v) is 12.7. The molecule has 0 saturated heterocycles. The molecule has 0 aliphatic carbocycles. The molecule has 2 N–H and O–H groups in total. The maximum atomic E-state index is 12.5. The highest BCUT2D eigenvalue weighted by atomic mass is 32.1. The lowest BCUT2D eigenvalue weighted by molar-refractivity contribution is 0.839. The quantitative estimate of drug-likeness (QED) is 0.713. The standard InChI is InChI=1S/C16H14N4OS/c1-11-17-14-10-6-5-9-13(14)15(21)20(11)19-16(22)18-12-7-3-2-4-8-12/h2-10H,1H3,(H2,18,19,22). The summed E-state index contributed by atoms with van der Waals surface area (Å²) in [5.74, 6) is 0.543. The molecule has 2 aromatic carbocycles. The van der Waals surface area contributed by atoms with E-state index in [-0.39, 0.29) is 5.56 Å². The van der Waals surface area contributed by atoms with Crippen LogP contribution in [0.1, 0.15) is 5.82 Å². The molecule has 1 heterocycles. The van der Waals surface area contributed by atoms with E-state index >= 15 is 0 Å². The van der Waals surface area contributed by atoms with E-state index in [4.69, 9.17) is 12.2 Å². The van der Waals surface area contributed by atoms with Gasteiger partial charge in [0.15, 0.2) is 5.11 Å². The van der Waals surface area contributed by atoms with E-state index in [0.717, 1.165) is 5.69 Å². The van der Waals surface area contributed by atoms with Gasteiger partial charge in [0.1, 0.15) is 5.82 Å². The highest BCUT2D eigenvalue weighted by Crippen LogP contribution is 2.07. The van der Waals surface area contributed by atoms with Gasteiger partial charge in [0.05, 0.1) is 10.9 Å². The van der Waals surface area contributed by atoms with Gasteiger partial charge in [-0.2, -0.15) is 0 Å². The lowest BCUT2D eigenvalue weighted by atomic mass is 10.2. The van der Waals surface area contributed by atoms with Crippen molar-refractivity contribution < 1.29 is 0 Å². The van der Waals surface area contributed by atoms with E-state index in [9.17, 15) is 4.79 Å². The van der Waals surface area contributed by atoms with Gasteiger partial charge >= 0.3 is 0 Å². The van der Waals surface area contributed by atoms with Crippen LogP contribution in [0.15, 0.2) is 59.4 Å². The van der Waals surface area contributed by atoms with Crippen molar-refractivity contribution in [1.29, 1.82) is 0 Å². The van der Waals surface area contributed by atoms with Crippen LogP contribution in [0.25, 0.3) is 10.9 Å². The molecule has 0 bridgehead atoms. The van der Waals surface area contributed by atoms with Crippen molar-refractivity contribution in [1.82, 2.24) is 9.66 Å². The number of anilines is 1. The Morgan fingerprint density at radius 1 is 1.09 bits per heavy atom. The third-order valence-electron chi connectivity index (χ3n) is 3.19. The summed E-state index contributed by atoms with van der Waals surface area (Å²) in [6.07, 6.45) is 0. The number of hydrogen-bond acceptors (Lipinski definition) is 3. The van der Waals surface area contributed by atoms with Crippen molar-refractivity contribution >= 4 is 33.9 Å². The number of thiocarbonyl (C=S) groups is 1. The van der Waals surface area contributed by atoms with E-state index < -0.39 is 0 Å². The van der Waals surface area contributed by atoms with Crippen LogP contribution in [0.4, 0.5) is 5.69 Å². The summed E-state index contributed by atoms with van der Waals surface area (Å²) in [4.78, 5) is 16.9. The second kappa shape index (κ2) is 5.95. The number of para-hydroxylation sites is 2. The average Bonchev–Trinajstić information content (AvgIpc) is 2.52. The molecule has 0 aliphatic rings. The van der Waals surface area contributed by atoms with Crippen LogP contribution in [0, 0.1) is 6.92 Å². The number of nitrogens with one attached hydrogen (secondary N) is 2. The fourth-order valence-corrected chi connectivity index (χ4v) is 2.37. The van der Waals surface area contributed by atoms with Gasteiger partial charge in [-0.15, -0.1) is 0 Å². The number of aromatic nitrogens is 2. The zero-order chi connectivity index (χ0) is 15.5. The lowest BCUT2D eigenvalue weighted by Crippen LogP contribution is -2.37. The molecule has 1 aromatic heterocycles. The molecule has 0 amide bonds. The maximum Gasteiger partial charge on any atom is 0.280 e. The summed E-state index contributed by atoms with van der Waals surface area (Å²) < 4.78 is 1.35. The molecule has 0 fully saturated rings. The fraction of sp³-hybridized carbons (Fsp3) is 0.0625. The van der Waals surface area contributed by atoms with Crippen molar-refractivity contribution in [3.8, 4) is 0 Å². The predicted molar refractivity (Wildman–Crippen MR) is 92.8 cm³/mol. The van der Waals surface area contributed by atoms with Crippen LogP contribution in [-0.2, 0) is 0 Å². The highest BCUT2D eigenvalue weighted by molar-refractivity contribution is 7.80. The van der Waals surface area contributed by atoms with Crippen LogP contribution in [0.3, 0.4) is 0 Å². The summed E-state index contributed by atoms with van der Waals surface area (Å²) in [5.41, 5.74) is 4.22. The molecule has 6 heteroatoms. The Labute approximate surface area is 132 Å².